The number of fused-ring (bicyclic) bond motifs is 9. The molecule has 12 nitrogen and oxygen atoms in total. The molecule has 2 aliphatic carbocycles. The molecule has 5 aliphatic rings. The molecule has 3 aliphatic heterocycles. The Balaban J connectivity index is 1.21. The Labute approximate surface area is 267 Å². The summed E-state index contributed by atoms with van der Waals surface area (Å²) < 4.78 is 16.9. The Hall–Kier alpha value is -3.36. The fourth-order valence-corrected chi connectivity index (χ4v) is 11.3. The van der Waals surface area contributed by atoms with Gasteiger partial charge in [0.2, 0.25) is 11.8 Å². The number of carbonyl (C=O) groups excluding carboxylic acids is 3. The summed E-state index contributed by atoms with van der Waals surface area (Å²) >= 11 is 2.72. The second-order valence-corrected chi connectivity index (χ2v) is 14.9. The number of amides is 3. The Morgan fingerprint density at radius 2 is 1.80 bits per heavy atom. The predicted molar refractivity (Wildman–Crippen MR) is 162 cm³/mol. The first-order valence-corrected chi connectivity index (χ1v) is 17.0. The number of nitrogens with zero attached hydrogens (tertiary/aromatic N) is 2. The van der Waals surface area contributed by atoms with E-state index in [9.17, 15) is 29.1 Å². The van der Waals surface area contributed by atoms with Gasteiger partial charge in [0, 0.05) is 29.1 Å². The number of ether oxygens (including phenoxy) is 3. The molecule has 240 valence electrons. The Morgan fingerprint density at radius 3 is 2.47 bits per heavy atom. The van der Waals surface area contributed by atoms with Gasteiger partial charge in [-0.3, -0.25) is 24.1 Å². The van der Waals surface area contributed by atoms with Crippen molar-refractivity contribution in [3.05, 3.63) is 38.3 Å². The van der Waals surface area contributed by atoms with Gasteiger partial charge in [-0.1, -0.05) is 31.3 Å². The highest BCUT2D eigenvalue weighted by Gasteiger charge is 2.70. The molecule has 3 amide bonds. The maximum atomic E-state index is 13.9. The van der Waals surface area contributed by atoms with Crippen molar-refractivity contribution in [3.8, 4) is 11.5 Å². The summed E-state index contributed by atoms with van der Waals surface area (Å²) in [7, 11) is 1.53. The molecule has 14 heteroatoms. The second kappa shape index (κ2) is 11.5. The van der Waals surface area contributed by atoms with E-state index >= 15 is 0 Å². The third-order valence-electron chi connectivity index (χ3n) is 10.2. The molecule has 4 heterocycles. The summed E-state index contributed by atoms with van der Waals surface area (Å²) in [6.07, 6.45) is 0.695. The lowest BCUT2D eigenvalue weighted by atomic mass is 9.68. The van der Waals surface area contributed by atoms with Crippen LogP contribution in [0.15, 0.2) is 28.0 Å². The van der Waals surface area contributed by atoms with E-state index < -0.39 is 29.8 Å². The van der Waals surface area contributed by atoms with E-state index in [2.05, 4.69) is 4.98 Å². The van der Waals surface area contributed by atoms with E-state index in [4.69, 9.17) is 14.2 Å². The average molecular weight is 658 g/mol. The van der Waals surface area contributed by atoms with Crippen LogP contribution in [0.3, 0.4) is 0 Å². The van der Waals surface area contributed by atoms with Crippen LogP contribution in [0.5, 0.6) is 11.5 Å². The number of methoxy groups -OCH3 is 1. The van der Waals surface area contributed by atoms with E-state index in [1.165, 1.54) is 7.11 Å². The number of rotatable bonds is 8. The van der Waals surface area contributed by atoms with Gasteiger partial charge >= 0.3 is 10.8 Å². The van der Waals surface area contributed by atoms with Gasteiger partial charge in [0.05, 0.1) is 37.2 Å². The lowest BCUT2D eigenvalue weighted by molar-refractivity contribution is -0.157. The number of carbonyl (C=O) groups is 4. The molecule has 1 aromatic carbocycles. The van der Waals surface area contributed by atoms with Gasteiger partial charge in [-0.05, 0) is 47.8 Å². The summed E-state index contributed by atoms with van der Waals surface area (Å²) in [5, 5.41) is 10.7. The fourth-order valence-electron chi connectivity index (χ4n) is 8.42. The summed E-state index contributed by atoms with van der Waals surface area (Å²) in [5.74, 6) is -3.36. The van der Waals surface area contributed by atoms with Gasteiger partial charge in [0.1, 0.15) is 6.04 Å². The first-order chi connectivity index (χ1) is 21.6. The highest BCUT2D eigenvalue weighted by atomic mass is 32.2. The number of aromatic nitrogens is 1. The molecule has 0 radical (unpaired) electrons. The number of benzene rings is 1. The number of morpholine rings is 1. The molecule has 2 aromatic rings. The second-order valence-electron chi connectivity index (χ2n) is 12.7. The van der Waals surface area contributed by atoms with Crippen LogP contribution in [0.1, 0.15) is 36.6 Å². The molecule has 2 bridgehead atoms. The SMILES string of the molecule is COc1cc([C@H]2c3sc(=O)[nH]c3SC3C4CC(C5C(=O)N(C(C(=O)O)C(C)C)C(=O)C45)C32)ccc1OCC(=O)N1CCOCC1. The number of hydrogen-bond acceptors (Lipinski definition) is 10. The van der Waals surface area contributed by atoms with Crippen molar-refractivity contribution in [2.24, 2.45) is 35.5 Å². The summed E-state index contributed by atoms with van der Waals surface area (Å²) in [4.78, 5) is 71.6. The molecule has 7 rings (SSSR count). The molecular weight excluding hydrogens is 622 g/mol. The van der Waals surface area contributed by atoms with Crippen molar-refractivity contribution >= 4 is 46.8 Å². The minimum absolute atomic E-state index is 0.0360. The van der Waals surface area contributed by atoms with Crippen molar-refractivity contribution in [3.63, 3.8) is 0 Å². The van der Waals surface area contributed by atoms with Crippen LogP contribution in [0.2, 0.25) is 0 Å². The fraction of sp³-hybridized carbons (Fsp3) is 0.581. The quantitative estimate of drug-likeness (QED) is 0.404. The predicted octanol–water partition coefficient (Wildman–Crippen LogP) is 2.27. The van der Waals surface area contributed by atoms with Gasteiger partial charge in [-0.25, -0.2) is 4.79 Å². The third kappa shape index (κ3) is 4.78. The maximum absolute atomic E-state index is 13.9. The molecule has 7 unspecified atom stereocenters. The lowest BCUT2D eigenvalue weighted by Crippen LogP contribution is -2.49. The van der Waals surface area contributed by atoms with Gasteiger partial charge in [0.15, 0.2) is 18.1 Å². The highest BCUT2D eigenvalue weighted by Crippen LogP contribution is 2.68. The maximum Gasteiger partial charge on any atom is 0.327 e. The van der Waals surface area contributed by atoms with Crippen molar-refractivity contribution < 1.29 is 38.5 Å². The molecule has 1 aromatic heterocycles. The molecule has 4 fully saturated rings. The first kappa shape index (κ1) is 30.3. The standard InChI is InChI=1S/C31H35N3O9S2/c1-13(2)24(30(38)39)34-28(36)22-15-11-16(23(22)29(34)37)25-21(15)20(26-27(44-25)32-31(40)45-26)14-4-5-17(18(10-14)41-3)43-12-19(35)33-6-8-42-9-7-33/h4-5,10,13,15-16,20-25H,6-9,11-12H2,1-3H3,(H,32,40)(H,38,39)/t15?,16?,20-,21?,22?,23?,24?,25?/m1/s1. The van der Waals surface area contributed by atoms with E-state index in [1.807, 2.05) is 12.1 Å². The number of aliphatic carboxylic acids is 1. The minimum atomic E-state index is -1.20. The zero-order chi connectivity index (χ0) is 31.7. The number of thiazole rings is 1. The number of hydrogen-bond donors (Lipinski definition) is 2. The number of carboxylic acid groups (broad SMARTS) is 1. The van der Waals surface area contributed by atoms with Crippen molar-refractivity contribution in [1.29, 1.82) is 0 Å². The zero-order valence-electron chi connectivity index (χ0n) is 25.1. The normalized spacial score (nSPS) is 30.7. The Bertz CT molecular complexity index is 1620. The van der Waals surface area contributed by atoms with Crippen LogP contribution in [-0.2, 0) is 23.9 Å². The van der Waals surface area contributed by atoms with Crippen LogP contribution in [0.4, 0.5) is 0 Å². The largest absolute Gasteiger partial charge is 0.493 e. The number of likely N-dealkylation sites (tertiary alicyclic amines) is 1. The number of carboxylic acids is 1. The Kier molecular flexibility index (Phi) is 7.72. The molecule has 0 spiro atoms. The van der Waals surface area contributed by atoms with Crippen molar-refractivity contribution in [1.82, 2.24) is 14.8 Å². The number of aromatic amines is 1. The van der Waals surface area contributed by atoms with Gasteiger partial charge in [0.25, 0.3) is 5.91 Å². The van der Waals surface area contributed by atoms with Crippen molar-refractivity contribution in [2.75, 3.05) is 40.0 Å². The average Bonchev–Trinajstić information content (AvgIpc) is 3.76. The summed E-state index contributed by atoms with van der Waals surface area (Å²) in [5.41, 5.74) is 0.883. The molecule has 2 saturated heterocycles. The highest BCUT2D eigenvalue weighted by molar-refractivity contribution is 8.00. The molecule has 2 N–H and O–H groups in total. The van der Waals surface area contributed by atoms with Crippen LogP contribution < -0.4 is 14.3 Å². The smallest absolute Gasteiger partial charge is 0.327 e. The number of H-pyrrole nitrogens is 1. The minimum Gasteiger partial charge on any atom is -0.493 e. The van der Waals surface area contributed by atoms with Gasteiger partial charge in [-0.15, -0.1) is 11.8 Å². The summed E-state index contributed by atoms with van der Waals surface area (Å²) in [6.45, 7) is 5.31. The van der Waals surface area contributed by atoms with E-state index in [-0.39, 0.29) is 58.1 Å². The summed E-state index contributed by atoms with van der Waals surface area (Å²) in [6, 6.07) is 4.36. The zero-order valence-corrected chi connectivity index (χ0v) is 26.7. The van der Waals surface area contributed by atoms with Gasteiger partial charge < -0.3 is 29.2 Å². The third-order valence-corrected chi connectivity index (χ3v) is 12.8. The van der Waals surface area contributed by atoms with Crippen LogP contribution in [0, 0.1) is 35.5 Å². The lowest BCUT2D eigenvalue weighted by Gasteiger charge is -2.43. The molecule has 2 saturated carbocycles. The monoisotopic (exact) mass is 657 g/mol. The van der Waals surface area contributed by atoms with E-state index in [1.54, 1.807) is 36.6 Å². The molecule has 8 atom stereocenters. The van der Waals surface area contributed by atoms with Crippen LogP contribution >= 0.6 is 23.1 Å². The number of imide groups is 1. The first-order valence-electron chi connectivity index (χ1n) is 15.3. The van der Waals surface area contributed by atoms with Crippen molar-refractivity contribution in [2.45, 2.75) is 42.5 Å². The number of nitrogens with one attached hydrogen (secondary N) is 1. The molecule has 45 heavy (non-hydrogen) atoms. The van der Waals surface area contributed by atoms with Crippen LogP contribution in [0.25, 0.3) is 0 Å². The van der Waals surface area contributed by atoms with E-state index in [0.29, 0.717) is 44.2 Å². The van der Waals surface area contributed by atoms with Crippen LogP contribution in [-0.4, -0.2) is 94.9 Å². The number of thioether (sulfide) groups is 1. The topological polar surface area (TPSA) is 156 Å². The van der Waals surface area contributed by atoms with Gasteiger partial charge in [-0.2, -0.15) is 0 Å². The Morgan fingerprint density at radius 1 is 1.09 bits per heavy atom. The van der Waals surface area contributed by atoms with E-state index in [0.717, 1.165) is 31.7 Å². The molecular formula is C31H35N3O9S2.